The van der Waals surface area contributed by atoms with Crippen LogP contribution in [0.15, 0.2) is 23.4 Å². The second kappa shape index (κ2) is 4.80. The van der Waals surface area contributed by atoms with Crippen LogP contribution in [0.25, 0.3) is 0 Å². The molecule has 0 spiro atoms. The molecule has 6 heteroatoms. The van der Waals surface area contributed by atoms with Gasteiger partial charge in [0.1, 0.15) is 0 Å². The highest BCUT2D eigenvalue weighted by atomic mass is 32.2. The van der Waals surface area contributed by atoms with Gasteiger partial charge in [0.15, 0.2) is 0 Å². The van der Waals surface area contributed by atoms with Crippen molar-refractivity contribution in [2.75, 3.05) is 7.05 Å². The van der Waals surface area contributed by atoms with Crippen molar-refractivity contribution < 1.29 is 8.42 Å². The van der Waals surface area contributed by atoms with Gasteiger partial charge in [-0.3, -0.25) is 0 Å². The SMILES string of the molecule is CN(C1CCC(N)CC1)S(=O)(=O)c1cc[nH]c1. The molecular formula is C11H19N3O2S. The van der Waals surface area contributed by atoms with E-state index in [-0.39, 0.29) is 12.1 Å². The van der Waals surface area contributed by atoms with Gasteiger partial charge in [-0.15, -0.1) is 0 Å². The van der Waals surface area contributed by atoms with Crippen LogP contribution in [0.1, 0.15) is 25.7 Å². The van der Waals surface area contributed by atoms with Crippen LogP contribution in [0.2, 0.25) is 0 Å². The third kappa shape index (κ3) is 2.53. The van der Waals surface area contributed by atoms with Gasteiger partial charge in [0.05, 0.1) is 4.90 Å². The maximum Gasteiger partial charge on any atom is 0.244 e. The highest BCUT2D eigenvalue weighted by Crippen LogP contribution is 2.25. The van der Waals surface area contributed by atoms with Gasteiger partial charge in [-0.1, -0.05) is 0 Å². The second-order valence-electron chi connectivity index (χ2n) is 4.64. The van der Waals surface area contributed by atoms with Crippen molar-refractivity contribution in [3.63, 3.8) is 0 Å². The third-order valence-electron chi connectivity index (χ3n) is 3.50. The first-order valence-electron chi connectivity index (χ1n) is 5.88. The monoisotopic (exact) mass is 257 g/mol. The van der Waals surface area contributed by atoms with E-state index in [1.807, 2.05) is 0 Å². The Morgan fingerprint density at radius 2 is 2.00 bits per heavy atom. The molecule has 1 heterocycles. The van der Waals surface area contributed by atoms with Gasteiger partial charge in [-0.25, -0.2) is 8.42 Å². The standard InChI is InChI=1S/C11H19N3O2S/c1-14(10-4-2-9(12)3-5-10)17(15,16)11-6-7-13-8-11/h6-10,13H,2-5,12H2,1H3. The number of hydrogen-bond donors (Lipinski definition) is 2. The second-order valence-corrected chi connectivity index (χ2v) is 6.63. The summed E-state index contributed by atoms with van der Waals surface area (Å²) in [6, 6.07) is 1.89. The largest absolute Gasteiger partial charge is 0.366 e. The van der Waals surface area contributed by atoms with E-state index in [4.69, 9.17) is 5.73 Å². The molecule has 0 aromatic carbocycles. The van der Waals surface area contributed by atoms with Crippen molar-refractivity contribution in [2.45, 2.75) is 42.7 Å². The summed E-state index contributed by atoms with van der Waals surface area (Å²) in [5.74, 6) is 0. The van der Waals surface area contributed by atoms with Gasteiger partial charge < -0.3 is 10.7 Å². The van der Waals surface area contributed by atoms with E-state index in [0.29, 0.717) is 4.90 Å². The van der Waals surface area contributed by atoms with Crippen LogP contribution < -0.4 is 5.73 Å². The Hall–Kier alpha value is -0.850. The fraction of sp³-hybridized carbons (Fsp3) is 0.636. The lowest BCUT2D eigenvalue weighted by molar-refractivity contribution is 0.268. The van der Waals surface area contributed by atoms with Gasteiger partial charge in [0, 0.05) is 31.5 Å². The van der Waals surface area contributed by atoms with Crippen LogP contribution >= 0.6 is 0 Å². The lowest BCUT2D eigenvalue weighted by Gasteiger charge is -2.32. The molecule has 0 amide bonds. The molecule has 0 bridgehead atoms. The lowest BCUT2D eigenvalue weighted by atomic mass is 9.92. The summed E-state index contributed by atoms with van der Waals surface area (Å²) in [6.45, 7) is 0. The molecule has 1 aromatic rings. The van der Waals surface area contributed by atoms with Gasteiger partial charge in [-0.05, 0) is 31.7 Å². The van der Waals surface area contributed by atoms with Crippen LogP contribution in [-0.4, -0.2) is 36.8 Å². The molecule has 17 heavy (non-hydrogen) atoms. The number of nitrogens with one attached hydrogen (secondary N) is 1. The van der Waals surface area contributed by atoms with Gasteiger partial charge in [0.2, 0.25) is 10.0 Å². The number of hydrogen-bond acceptors (Lipinski definition) is 3. The van der Waals surface area contributed by atoms with E-state index in [0.717, 1.165) is 25.7 Å². The van der Waals surface area contributed by atoms with E-state index in [9.17, 15) is 8.42 Å². The van der Waals surface area contributed by atoms with Crippen LogP contribution in [-0.2, 0) is 10.0 Å². The van der Waals surface area contributed by atoms with Crippen molar-refractivity contribution >= 4 is 10.0 Å². The predicted octanol–water partition coefficient (Wildman–Crippen LogP) is 0.905. The minimum Gasteiger partial charge on any atom is -0.366 e. The van der Waals surface area contributed by atoms with E-state index in [2.05, 4.69) is 4.98 Å². The van der Waals surface area contributed by atoms with Crippen molar-refractivity contribution in [3.8, 4) is 0 Å². The molecule has 1 aliphatic rings. The summed E-state index contributed by atoms with van der Waals surface area (Å²) in [4.78, 5) is 3.10. The van der Waals surface area contributed by atoms with Crippen molar-refractivity contribution in [1.82, 2.24) is 9.29 Å². The molecule has 0 unspecified atom stereocenters. The third-order valence-corrected chi connectivity index (χ3v) is 5.41. The first-order valence-corrected chi connectivity index (χ1v) is 7.32. The molecule has 1 saturated carbocycles. The highest BCUT2D eigenvalue weighted by molar-refractivity contribution is 7.89. The Morgan fingerprint density at radius 3 is 2.53 bits per heavy atom. The molecule has 1 aromatic heterocycles. The van der Waals surface area contributed by atoms with Crippen molar-refractivity contribution in [3.05, 3.63) is 18.5 Å². The summed E-state index contributed by atoms with van der Waals surface area (Å²) < 4.78 is 26.0. The quantitative estimate of drug-likeness (QED) is 0.844. The first-order chi connectivity index (χ1) is 8.01. The van der Waals surface area contributed by atoms with Crippen LogP contribution in [0.4, 0.5) is 0 Å². The van der Waals surface area contributed by atoms with Gasteiger partial charge in [0.25, 0.3) is 0 Å². The smallest absolute Gasteiger partial charge is 0.244 e. The summed E-state index contributed by atoms with van der Waals surface area (Å²) in [5.41, 5.74) is 5.83. The Morgan fingerprint density at radius 1 is 1.35 bits per heavy atom. The zero-order chi connectivity index (χ0) is 12.5. The summed E-state index contributed by atoms with van der Waals surface area (Å²) in [7, 11) is -1.69. The van der Waals surface area contributed by atoms with Crippen LogP contribution in [0.5, 0.6) is 0 Å². The van der Waals surface area contributed by atoms with E-state index < -0.39 is 10.0 Å². The maximum atomic E-state index is 12.2. The molecular weight excluding hydrogens is 238 g/mol. The number of aromatic amines is 1. The zero-order valence-corrected chi connectivity index (χ0v) is 10.8. The number of H-pyrrole nitrogens is 1. The Bertz CT molecular complexity index is 447. The molecule has 0 atom stereocenters. The highest BCUT2D eigenvalue weighted by Gasteiger charge is 2.30. The molecule has 0 radical (unpaired) electrons. The zero-order valence-electron chi connectivity index (χ0n) is 9.96. The predicted molar refractivity (Wildman–Crippen MR) is 66.0 cm³/mol. The van der Waals surface area contributed by atoms with Crippen molar-refractivity contribution in [2.24, 2.45) is 5.73 Å². The van der Waals surface area contributed by atoms with E-state index >= 15 is 0 Å². The van der Waals surface area contributed by atoms with Gasteiger partial charge >= 0.3 is 0 Å². The van der Waals surface area contributed by atoms with Crippen molar-refractivity contribution in [1.29, 1.82) is 0 Å². The number of nitrogens with two attached hydrogens (primary N) is 1. The average Bonchev–Trinajstić information content (AvgIpc) is 2.83. The van der Waals surface area contributed by atoms with E-state index in [1.165, 1.54) is 10.5 Å². The minimum absolute atomic E-state index is 0.0784. The Balaban J connectivity index is 2.12. The van der Waals surface area contributed by atoms with E-state index in [1.54, 1.807) is 19.3 Å². The van der Waals surface area contributed by atoms with Gasteiger partial charge in [-0.2, -0.15) is 4.31 Å². The summed E-state index contributed by atoms with van der Waals surface area (Å²) in [5, 5.41) is 0. The van der Waals surface area contributed by atoms with Crippen LogP contribution in [0, 0.1) is 0 Å². The fourth-order valence-corrected chi connectivity index (χ4v) is 3.69. The molecule has 1 fully saturated rings. The maximum absolute atomic E-state index is 12.2. The topological polar surface area (TPSA) is 79.2 Å². The number of sulfonamides is 1. The normalized spacial score (nSPS) is 26.3. The number of aromatic nitrogens is 1. The first kappa shape index (κ1) is 12.6. The lowest BCUT2D eigenvalue weighted by Crippen LogP contribution is -2.41. The molecule has 0 aliphatic heterocycles. The summed E-state index contributed by atoms with van der Waals surface area (Å²) >= 11 is 0. The van der Waals surface area contributed by atoms with Crippen LogP contribution in [0.3, 0.4) is 0 Å². The molecule has 3 N–H and O–H groups in total. The number of nitrogens with zero attached hydrogens (tertiary/aromatic N) is 1. The molecule has 96 valence electrons. The summed E-state index contributed by atoms with van der Waals surface area (Å²) in [6.07, 6.45) is 6.63. The average molecular weight is 257 g/mol. The Kier molecular flexibility index (Phi) is 3.56. The molecule has 2 rings (SSSR count). The number of rotatable bonds is 3. The molecule has 1 aliphatic carbocycles. The molecule has 0 saturated heterocycles. The minimum atomic E-state index is -3.35. The fourth-order valence-electron chi connectivity index (χ4n) is 2.30. The Labute approximate surface area is 102 Å². The molecule has 5 nitrogen and oxygen atoms in total.